The number of nitrogens with two attached hydrogens (primary N) is 1. The average Bonchev–Trinajstić information content (AvgIpc) is 2.91. The van der Waals surface area contributed by atoms with E-state index in [1.165, 1.54) is 0 Å². The minimum atomic E-state index is -0.455. The number of hydrogen-bond donors (Lipinski definition) is 3. The molecule has 1 amide bonds. The monoisotopic (exact) mass is 275 g/mol. The van der Waals surface area contributed by atoms with Crippen molar-refractivity contribution in [1.82, 2.24) is 15.0 Å². The number of benzene rings is 1. The normalized spacial score (nSPS) is 10.4. The zero-order valence-corrected chi connectivity index (χ0v) is 11.0. The van der Waals surface area contributed by atoms with Gasteiger partial charge in [-0.25, -0.2) is 0 Å². The van der Waals surface area contributed by atoms with E-state index in [4.69, 9.17) is 10.8 Å². The maximum atomic E-state index is 11.1. The fraction of sp³-hybridized carbons (Fsp3) is 0.308. The number of nitrogens with one attached hydrogen (secondary N) is 1. The van der Waals surface area contributed by atoms with Gasteiger partial charge in [0.05, 0.1) is 12.7 Å². The SMILES string of the molecule is NC(=O)c1cccc(NCc2cn(CCCO)nn2)c1. The average molecular weight is 275 g/mol. The van der Waals surface area contributed by atoms with Crippen LogP contribution >= 0.6 is 0 Å². The number of aromatic nitrogens is 3. The number of primary amides is 1. The molecule has 1 heterocycles. The molecule has 0 radical (unpaired) electrons. The summed E-state index contributed by atoms with van der Waals surface area (Å²) >= 11 is 0. The van der Waals surface area contributed by atoms with E-state index in [-0.39, 0.29) is 6.61 Å². The van der Waals surface area contributed by atoms with Crippen molar-refractivity contribution in [3.8, 4) is 0 Å². The predicted molar refractivity (Wildman–Crippen MR) is 74.0 cm³/mol. The highest BCUT2D eigenvalue weighted by molar-refractivity contribution is 5.93. The zero-order chi connectivity index (χ0) is 14.4. The van der Waals surface area contributed by atoms with Gasteiger partial charge in [0.15, 0.2) is 0 Å². The Kier molecular flexibility index (Phi) is 4.67. The maximum Gasteiger partial charge on any atom is 0.248 e. The number of aliphatic hydroxyl groups is 1. The van der Waals surface area contributed by atoms with Crippen molar-refractivity contribution in [1.29, 1.82) is 0 Å². The van der Waals surface area contributed by atoms with Crippen LogP contribution in [0.5, 0.6) is 0 Å². The van der Waals surface area contributed by atoms with Gasteiger partial charge in [0.2, 0.25) is 5.91 Å². The molecule has 2 aromatic rings. The number of aryl methyl sites for hydroxylation is 1. The van der Waals surface area contributed by atoms with Gasteiger partial charge in [0.1, 0.15) is 5.69 Å². The Bertz CT molecular complexity index is 582. The minimum absolute atomic E-state index is 0.132. The third kappa shape index (κ3) is 3.79. The lowest BCUT2D eigenvalue weighted by Crippen LogP contribution is -2.11. The third-order valence-electron chi connectivity index (χ3n) is 2.75. The lowest BCUT2D eigenvalue weighted by molar-refractivity contribution is 0.100. The van der Waals surface area contributed by atoms with E-state index >= 15 is 0 Å². The lowest BCUT2D eigenvalue weighted by atomic mass is 10.2. The largest absolute Gasteiger partial charge is 0.396 e. The number of hydrogen-bond acceptors (Lipinski definition) is 5. The van der Waals surface area contributed by atoms with Crippen LogP contribution in [0.15, 0.2) is 30.5 Å². The molecular weight excluding hydrogens is 258 g/mol. The number of nitrogens with zero attached hydrogens (tertiary/aromatic N) is 3. The topological polar surface area (TPSA) is 106 Å². The molecule has 0 aliphatic heterocycles. The smallest absolute Gasteiger partial charge is 0.248 e. The fourth-order valence-corrected chi connectivity index (χ4v) is 1.74. The highest BCUT2D eigenvalue weighted by Gasteiger charge is 2.03. The summed E-state index contributed by atoms with van der Waals surface area (Å²) in [6.07, 6.45) is 2.47. The highest BCUT2D eigenvalue weighted by atomic mass is 16.3. The van der Waals surface area contributed by atoms with E-state index in [0.29, 0.717) is 25.1 Å². The standard InChI is InChI=1S/C13H17N5O2/c14-13(20)10-3-1-4-11(7-10)15-8-12-9-18(17-16-12)5-2-6-19/h1,3-4,7,9,15,19H,2,5-6,8H2,(H2,14,20). The Morgan fingerprint density at radius 2 is 2.30 bits per heavy atom. The molecule has 0 fully saturated rings. The van der Waals surface area contributed by atoms with Crippen molar-refractivity contribution in [2.75, 3.05) is 11.9 Å². The van der Waals surface area contributed by atoms with Gasteiger partial charge >= 0.3 is 0 Å². The van der Waals surface area contributed by atoms with Crippen LogP contribution in [0.1, 0.15) is 22.5 Å². The summed E-state index contributed by atoms with van der Waals surface area (Å²) in [5.74, 6) is -0.455. The van der Waals surface area contributed by atoms with Gasteiger partial charge in [-0.3, -0.25) is 9.48 Å². The second kappa shape index (κ2) is 6.67. The van der Waals surface area contributed by atoms with Crippen LogP contribution in [0.4, 0.5) is 5.69 Å². The van der Waals surface area contributed by atoms with E-state index in [9.17, 15) is 4.79 Å². The molecule has 1 aromatic heterocycles. The van der Waals surface area contributed by atoms with E-state index in [0.717, 1.165) is 11.4 Å². The molecule has 4 N–H and O–H groups in total. The molecule has 0 aliphatic rings. The summed E-state index contributed by atoms with van der Waals surface area (Å²) in [5, 5.41) is 19.9. The first-order chi connectivity index (χ1) is 9.69. The number of rotatable bonds is 7. The summed E-state index contributed by atoms with van der Waals surface area (Å²) in [6.45, 7) is 1.27. The molecule has 7 nitrogen and oxygen atoms in total. The zero-order valence-electron chi connectivity index (χ0n) is 11.0. The fourth-order valence-electron chi connectivity index (χ4n) is 1.74. The molecule has 2 rings (SSSR count). The van der Waals surface area contributed by atoms with Gasteiger partial charge in [-0.2, -0.15) is 0 Å². The number of carbonyl (C=O) groups is 1. The quantitative estimate of drug-likeness (QED) is 0.677. The maximum absolute atomic E-state index is 11.1. The number of anilines is 1. The third-order valence-corrected chi connectivity index (χ3v) is 2.75. The first-order valence-electron chi connectivity index (χ1n) is 6.32. The van der Waals surface area contributed by atoms with Crippen molar-refractivity contribution < 1.29 is 9.90 Å². The van der Waals surface area contributed by atoms with Crippen LogP contribution in [-0.4, -0.2) is 32.6 Å². The molecule has 0 unspecified atom stereocenters. The van der Waals surface area contributed by atoms with E-state index in [1.54, 1.807) is 22.9 Å². The summed E-state index contributed by atoms with van der Waals surface area (Å²) in [5.41, 5.74) is 7.27. The molecule has 0 bridgehead atoms. The summed E-state index contributed by atoms with van der Waals surface area (Å²) in [6, 6.07) is 6.97. The van der Waals surface area contributed by atoms with Crippen LogP contribution in [0, 0.1) is 0 Å². The van der Waals surface area contributed by atoms with Crippen LogP contribution < -0.4 is 11.1 Å². The van der Waals surface area contributed by atoms with Crippen LogP contribution in [0.2, 0.25) is 0 Å². The number of amides is 1. The number of aliphatic hydroxyl groups excluding tert-OH is 1. The van der Waals surface area contributed by atoms with Crippen molar-refractivity contribution in [3.63, 3.8) is 0 Å². The first-order valence-corrected chi connectivity index (χ1v) is 6.32. The van der Waals surface area contributed by atoms with Crippen LogP contribution in [0.3, 0.4) is 0 Å². The Hall–Kier alpha value is -2.41. The predicted octanol–water partition coefficient (Wildman–Crippen LogP) is 0.371. The van der Waals surface area contributed by atoms with Crippen molar-refractivity contribution in [2.45, 2.75) is 19.5 Å². The Balaban J connectivity index is 1.93. The second-order valence-corrected chi connectivity index (χ2v) is 4.35. The van der Waals surface area contributed by atoms with Gasteiger partial charge in [-0.1, -0.05) is 11.3 Å². The molecule has 0 aliphatic carbocycles. The van der Waals surface area contributed by atoms with E-state index in [1.807, 2.05) is 12.3 Å². The van der Waals surface area contributed by atoms with Crippen molar-refractivity contribution in [3.05, 3.63) is 41.7 Å². The summed E-state index contributed by atoms with van der Waals surface area (Å²) < 4.78 is 1.69. The molecule has 0 atom stereocenters. The molecular formula is C13H17N5O2. The summed E-state index contributed by atoms with van der Waals surface area (Å²) in [7, 11) is 0. The minimum Gasteiger partial charge on any atom is -0.396 e. The van der Waals surface area contributed by atoms with Crippen molar-refractivity contribution >= 4 is 11.6 Å². The van der Waals surface area contributed by atoms with Gasteiger partial charge in [-0.05, 0) is 24.6 Å². The van der Waals surface area contributed by atoms with Crippen molar-refractivity contribution in [2.24, 2.45) is 5.73 Å². The molecule has 106 valence electrons. The molecule has 20 heavy (non-hydrogen) atoms. The molecule has 1 aromatic carbocycles. The number of carbonyl (C=O) groups excluding carboxylic acids is 1. The Labute approximate surface area is 116 Å². The van der Waals surface area contributed by atoms with Crippen LogP contribution in [-0.2, 0) is 13.1 Å². The molecule has 0 saturated carbocycles. The molecule has 7 heteroatoms. The van der Waals surface area contributed by atoms with E-state index < -0.39 is 5.91 Å². The van der Waals surface area contributed by atoms with Gasteiger partial charge < -0.3 is 16.2 Å². The molecule has 0 saturated heterocycles. The molecule has 0 spiro atoms. The van der Waals surface area contributed by atoms with E-state index in [2.05, 4.69) is 15.6 Å². The van der Waals surface area contributed by atoms with Crippen LogP contribution in [0.25, 0.3) is 0 Å². The highest BCUT2D eigenvalue weighted by Crippen LogP contribution is 2.11. The first kappa shape index (κ1) is 14.0. The van der Waals surface area contributed by atoms with Gasteiger partial charge in [0.25, 0.3) is 0 Å². The van der Waals surface area contributed by atoms with Gasteiger partial charge in [0, 0.05) is 24.4 Å². The Morgan fingerprint density at radius 3 is 3.05 bits per heavy atom. The summed E-state index contributed by atoms with van der Waals surface area (Å²) in [4.78, 5) is 11.1. The second-order valence-electron chi connectivity index (χ2n) is 4.35. The lowest BCUT2D eigenvalue weighted by Gasteiger charge is -2.05. The van der Waals surface area contributed by atoms with Gasteiger partial charge in [-0.15, -0.1) is 5.10 Å². The Morgan fingerprint density at radius 1 is 1.45 bits per heavy atom.